The molecule has 1 rings (SSSR count). The van der Waals surface area contributed by atoms with Crippen LogP contribution >= 0.6 is 0 Å². The summed E-state index contributed by atoms with van der Waals surface area (Å²) in [5.41, 5.74) is 7.08. The van der Waals surface area contributed by atoms with Gasteiger partial charge in [0.2, 0.25) is 0 Å². The van der Waals surface area contributed by atoms with Gasteiger partial charge in [0.15, 0.2) is 0 Å². The Bertz CT molecular complexity index is 382. The summed E-state index contributed by atoms with van der Waals surface area (Å²) in [6, 6.07) is 5.39. The van der Waals surface area contributed by atoms with Crippen LogP contribution in [0.25, 0.3) is 0 Å². The number of hydrogen-bond acceptors (Lipinski definition) is 3. The van der Waals surface area contributed by atoms with Crippen molar-refractivity contribution in [3.63, 3.8) is 0 Å². The zero-order valence-corrected chi connectivity index (χ0v) is 9.44. The zero-order chi connectivity index (χ0) is 12.0. The molecular weight excluding hydrogens is 202 g/mol. The first-order chi connectivity index (χ1) is 7.70. The van der Waals surface area contributed by atoms with E-state index in [4.69, 9.17) is 16.9 Å². The molecule has 16 heavy (non-hydrogen) atoms. The predicted molar refractivity (Wildman–Crippen MR) is 65.1 cm³/mol. The fourth-order valence-corrected chi connectivity index (χ4v) is 1.58. The Balaban J connectivity index is 2.75. The van der Waals surface area contributed by atoms with Crippen LogP contribution in [0.15, 0.2) is 18.2 Å². The molecule has 1 unspecified atom stereocenters. The highest BCUT2D eigenvalue weighted by Crippen LogP contribution is 2.31. The molecule has 1 atom stereocenters. The second-order valence-corrected chi connectivity index (χ2v) is 3.58. The molecule has 86 valence electrons. The fraction of sp³-hybridized carbons (Fsp3) is 0.385. The summed E-state index contributed by atoms with van der Waals surface area (Å²) in [5.74, 6) is 3.14. The van der Waals surface area contributed by atoms with Gasteiger partial charge in [0.05, 0.1) is 18.9 Å². The maximum atomic E-state index is 9.94. The summed E-state index contributed by atoms with van der Waals surface area (Å²) in [4.78, 5) is 0. The number of nitrogen functional groups attached to an aromatic ring is 1. The molecule has 0 aliphatic carbocycles. The van der Waals surface area contributed by atoms with Crippen molar-refractivity contribution in [2.45, 2.75) is 25.4 Å². The lowest BCUT2D eigenvalue weighted by atomic mass is 10.0. The second kappa shape index (κ2) is 6.04. The molecule has 0 aliphatic rings. The molecule has 1 aromatic carbocycles. The molecular formula is C13H17NO2. The molecule has 0 radical (unpaired) electrons. The maximum absolute atomic E-state index is 9.94. The number of hydrogen-bond donors (Lipinski definition) is 2. The Morgan fingerprint density at radius 3 is 2.94 bits per heavy atom. The highest BCUT2D eigenvalue weighted by molar-refractivity contribution is 5.59. The molecule has 0 amide bonds. The van der Waals surface area contributed by atoms with Crippen molar-refractivity contribution in [2.75, 3.05) is 12.8 Å². The van der Waals surface area contributed by atoms with E-state index in [1.54, 1.807) is 19.2 Å². The molecule has 3 nitrogen and oxygen atoms in total. The van der Waals surface area contributed by atoms with Crippen LogP contribution < -0.4 is 10.5 Å². The van der Waals surface area contributed by atoms with Gasteiger partial charge in [0.1, 0.15) is 5.75 Å². The standard InChI is InChI=1S/C13H17NO2/c1-3-4-5-8-11(15)10-7-6-9-12(16-2)13(10)14/h1,6-7,9,11,15H,4-5,8,14H2,2H3. The number of ether oxygens (including phenoxy) is 1. The third-order valence-electron chi connectivity index (χ3n) is 2.48. The van der Waals surface area contributed by atoms with Crippen molar-refractivity contribution < 1.29 is 9.84 Å². The van der Waals surface area contributed by atoms with Gasteiger partial charge >= 0.3 is 0 Å². The van der Waals surface area contributed by atoms with E-state index >= 15 is 0 Å². The van der Waals surface area contributed by atoms with Crippen molar-refractivity contribution in [1.29, 1.82) is 0 Å². The maximum Gasteiger partial charge on any atom is 0.142 e. The quantitative estimate of drug-likeness (QED) is 0.453. The van der Waals surface area contributed by atoms with Crippen LogP contribution in [0.5, 0.6) is 5.75 Å². The zero-order valence-electron chi connectivity index (χ0n) is 9.44. The molecule has 0 spiro atoms. The Morgan fingerprint density at radius 2 is 2.31 bits per heavy atom. The summed E-state index contributed by atoms with van der Waals surface area (Å²) in [7, 11) is 1.56. The fourth-order valence-electron chi connectivity index (χ4n) is 1.58. The van der Waals surface area contributed by atoms with Crippen LogP contribution in [-0.4, -0.2) is 12.2 Å². The van der Waals surface area contributed by atoms with E-state index in [2.05, 4.69) is 5.92 Å². The summed E-state index contributed by atoms with van der Waals surface area (Å²) in [6.45, 7) is 0. The smallest absolute Gasteiger partial charge is 0.142 e. The lowest BCUT2D eigenvalue weighted by Gasteiger charge is -2.14. The first kappa shape index (κ1) is 12.4. The largest absolute Gasteiger partial charge is 0.495 e. The lowest BCUT2D eigenvalue weighted by molar-refractivity contribution is 0.165. The van der Waals surface area contributed by atoms with E-state index in [9.17, 15) is 5.11 Å². The van der Waals surface area contributed by atoms with Crippen molar-refractivity contribution in [2.24, 2.45) is 0 Å². The molecule has 0 aromatic heterocycles. The molecule has 0 saturated carbocycles. The number of benzene rings is 1. The van der Waals surface area contributed by atoms with Gasteiger partial charge in [0.25, 0.3) is 0 Å². The third-order valence-corrected chi connectivity index (χ3v) is 2.48. The van der Waals surface area contributed by atoms with Gasteiger partial charge in [-0.05, 0) is 18.9 Å². The molecule has 3 heteroatoms. The summed E-state index contributed by atoms with van der Waals surface area (Å²) >= 11 is 0. The highest BCUT2D eigenvalue weighted by Gasteiger charge is 2.13. The van der Waals surface area contributed by atoms with Gasteiger partial charge in [-0.1, -0.05) is 12.1 Å². The number of para-hydroxylation sites is 1. The van der Waals surface area contributed by atoms with Crippen LogP contribution in [0.1, 0.15) is 30.9 Å². The van der Waals surface area contributed by atoms with Crippen molar-refractivity contribution >= 4 is 5.69 Å². The molecule has 0 heterocycles. The van der Waals surface area contributed by atoms with E-state index in [-0.39, 0.29) is 0 Å². The minimum absolute atomic E-state index is 0.498. The number of anilines is 1. The van der Waals surface area contributed by atoms with E-state index in [1.807, 2.05) is 6.07 Å². The highest BCUT2D eigenvalue weighted by atomic mass is 16.5. The monoisotopic (exact) mass is 219 g/mol. The van der Waals surface area contributed by atoms with Gasteiger partial charge < -0.3 is 15.6 Å². The number of unbranched alkanes of at least 4 members (excludes halogenated alkanes) is 1. The molecule has 0 bridgehead atoms. The molecule has 1 aromatic rings. The van der Waals surface area contributed by atoms with Crippen LogP contribution in [0.2, 0.25) is 0 Å². The first-order valence-electron chi connectivity index (χ1n) is 5.24. The molecule has 0 fully saturated rings. The van der Waals surface area contributed by atoms with Crippen molar-refractivity contribution in [1.82, 2.24) is 0 Å². The Kier molecular flexibility index (Phi) is 4.68. The van der Waals surface area contributed by atoms with E-state index in [0.717, 1.165) is 6.42 Å². The topological polar surface area (TPSA) is 55.5 Å². The number of aliphatic hydroxyl groups excluding tert-OH is 1. The average molecular weight is 219 g/mol. The lowest BCUT2D eigenvalue weighted by Crippen LogP contribution is -2.03. The summed E-state index contributed by atoms with van der Waals surface area (Å²) in [5, 5.41) is 9.94. The Hall–Kier alpha value is -1.66. The molecule has 3 N–H and O–H groups in total. The number of rotatable bonds is 5. The number of methoxy groups -OCH3 is 1. The normalized spacial score (nSPS) is 11.8. The SMILES string of the molecule is C#CCCCC(O)c1cccc(OC)c1N. The Morgan fingerprint density at radius 1 is 1.56 bits per heavy atom. The second-order valence-electron chi connectivity index (χ2n) is 3.58. The van der Waals surface area contributed by atoms with E-state index in [0.29, 0.717) is 29.8 Å². The summed E-state index contributed by atoms with van der Waals surface area (Å²) in [6.07, 6.45) is 6.64. The number of aliphatic hydroxyl groups is 1. The third kappa shape index (κ3) is 2.91. The van der Waals surface area contributed by atoms with E-state index < -0.39 is 6.10 Å². The summed E-state index contributed by atoms with van der Waals surface area (Å²) < 4.78 is 5.09. The van der Waals surface area contributed by atoms with Crippen molar-refractivity contribution in [3.8, 4) is 18.1 Å². The van der Waals surface area contributed by atoms with Gasteiger partial charge in [-0.3, -0.25) is 0 Å². The van der Waals surface area contributed by atoms with Crippen LogP contribution in [0.3, 0.4) is 0 Å². The number of terminal acetylenes is 1. The Labute approximate surface area is 96.2 Å². The average Bonchev–Trinajstić information content (AvgIpc) is 2.29. The van der Waals surface area contributed by atoms with Gasteiger partial charge in [-0.2, -0.15) is 0 Å². The van der Waals surface area contributed by atoms with Gasteiger partial charge in [0, 0.05) is 12.0 Å². The minimum Gasteiger partial charge on any atom is -0.495 e. The van der Waals surface area contributed by atoms with Crippen LogP contribution in [0.4, 0.5) is 5.69 Å². The molecule has 0 aliphatic heterocycles. The number of nitrogens with two attached hydrogens (primary N) is 1. The van der Waals surface area contributed by atoms with Crippen molar-refractivity contribution in [3.05, 3.63) is 23.8 Å². The van der Waals surface area contributed by atoms with Gasteiger partial charge in [-0.25, -0.2) is 0 Å². The van der Waals surface area contributed by atoms with Crippen LogP contribution in [-0.2, 0) is 0 Å². The first-order valence-corrected chi connectivity index (χ1v) is 5.24. The minimum atomic E-state index is -0.580. The van der Waals surface area contributed by atoms with Gasteiger partial charge in [-0.15, -0.1) is 12.3 Å². The van der Waals surface area contributed by atoms with Crippen LogP contribution in [0, 0.1) is 12.3 Å². The molecule has 0 saturated heterocycles. The van der Waals surface area contributed by atoms with E-state index in [1.165, 1.54) is 0 Å². The predicted octanol–water partition coefficient (Wildman–Crippen LogP) is 2.11.